The van der Waals surface area contributed by atoms with Crippen LogP contribution in [0.1, 0.15) is 56.1 Å². The summed E-state index contributed by atoms with van der Waals surface area (Å²) in [5.41, 5.74) is 2.09. The number of hydrogen-bond donors (Lipinski definition) is 3. The van der Waals surface area contributed by atoms with E-state index in [4.69, 9.17) is 0 Å². The molecule has 0 spiro atoms. The van der Waals surface area contributed by atoms with E-state index in [-0.39, 0.29) is 11.3 Å². The number of benzene rings is 1. The Morgan fingerprint density at radius 2 is 1.81 bits per heavy atom. The Morgan fingerprint density at radius 3 is 2.42 bits per heavy atom. The molecule has 5 rings (SSSR count). The summed E-state index contributed by atoms with van der Waals surface area (Å²) in [4.78, 5) is 14.1. The fourth-order valence-electron chi connectivity index (χ4n) is 6.49. The van der Waals surface area contributed by atoms with Crippen LogP contribution < -0.4 is 10.2 Å². The van der Waals surface area contributed by atoms with Crippen LogP contribution in [0.4, 0.5) is 0 Å². The van der Waals surface area contributed by atoms with Crippen LogP contribution in [0.2, 0.25) is 0 Å². The van der Waals surface area contributed by atoms with Gasteiger partial charge in [-0.2, -0.15) is 0 Å². The second-order valence-corrected chi connectivity index (χ2v) is 9.79. The van der Waals surface area contributed by atoms with Crippen molar-refractivity contribution in [2.75, 3.05) is 14.1 Å². The Hall–Kier alpha value is -1.39. The first kappa shape index (κ1) is 18.0. The van der Waals surface area contributed by atoms with Crippen LogP contribution in [0.3, 0.4) is 0 Å². The Balaban J connectivity index is 1.38. The molecule has 4 aliphatic rings. The maximum atomic E-state index is 12.7. The Morgan fingerprint density at radius 1 is 1.15 bits per heavy atom. The smallest absolute Gasteiger partial charge is 0.220 e. The fourth-order valence-corrected chi connectivity index (χ4v) is 6.49. The van der Waals surface area contributed by atoms with Crippen molar-refractivity contribution in [2.24, 2.45) is 17.3 Å². The highest BCUT2D eigenvalue weighted by Crippen LogP contribution is 2.62. The normalized spacial score (nSPS) is 35.1. The molecule has 1 amide bonds. The second kappa shape index (κ2) is 6.65. The van der Waals surface area contributed by atoms with Crippen molar-refractivity contribution in [3.8, 4) is 0 Å². The van der Waals surface area contributed by atoms with Gasteiger partial charge in [0.1, 0.15) is 6.54 Å². The Kier molecular flexibility index (Phi) is 4.60. The van der Waals surface area contributed by atoms with E-state index in [1.807, 2.05) is 6.07 Å². The highest BCUT2D eigenvalue weighted by Gasteiger charge is 2.57. The van der Waals surface area contributed by atoms with Gasteiger partial charge in [0.15, 0.2) is 0 Å². The molecule has 2 unspecified atom stereocenters. The summed E-state index contributed by atoms with van der Waals surface area (Å²) >= 11 is 0. The third kappa shape index (κ3) is 3.67. The predicted octanol–water partition coefficient (Wildman–Crippen LogP) is 1.67. The molecule has 1 aromatic carbocycles. The number of rotatable bonds is 6. The molecule has 1 aromatic rings. The van der Waals surface area contributed by atoms with Gasteiger partial charge in [0, 0.05) is 18.5 Å². The van der Waals surface area contributed by atoms with Gasteiger partial charge in [0.2, 0.25) is 5.91 Å². The minimum Gasteiger partial charge on any atom is -0.390 e. The van der Waals surface area contributed by atoms with E-state index < -0.39 is 5.60 Å². The van der Waals surface area contributed by atoms with Crippen molar-refractivity contribution in [1.82, 2.24) is 5.32 Å². The summed E-state index contributed by atoms with van der Waals surface area (Å²) in [7, 11) is 4.29. The Labute approximate surface area is 157 Å². The SMILES string of the molecule is C[NH+](C)Cc1ccccc1CNC(=O)CC12C[C@@H]3C[C@@H](CC(O)(C3)C1)C2. The van der Waals surface area contributed by atoms with Crippen molar-refractivity contribution in [1.29, 1.82) is 0 Å². The molecule has 4 heteroatoms. The molecule has 0 aromatic heterocycles. The first-order chi connectivity index (χ1) is 12.3. The lowest BCUT2D eigenvalue weighted by Crippen LogP contribution is -3.04. The van der Waals surface area contributed by atoms with Crippen LogP contribution in [-0.2, 0) is 17.9 Å². The van der Waals surface area contributed by atoms with Gasteiger partial charge in [-0.15, -0.1) is 0 Å². The zero-order valence-corrected chi connectivity index (χ0v) is 16.2. The molecule has 3 N–H and O–H groups in total. The van der Waals surface area contributed by atoms with E-state index in [0.29, 0.717) is 24.8 Å². The van der Waals surface area contributed by atoms with E-state index in [1.165, 1.54) is 22.4 Å². The minimum atomic E-state index is -0.481. The highest BCUT2D eigenvalue weighted by molar-refractivity contribution is 5.76. The lowest BCUT2D eigenvalue weighted by atomic mass is 9.47. The molecule has 4 nitrogen and oxygen atoms in total. The average molecular weight is 358 g/mol. The third-order valence-corrected chi connectivity index (χ3v) is 6.83. The van der Waals surface area contributed by atoms with Gasteiger partial charge >= 0.3 is 0 Å². The van der Waals surface area contributed by atoms with E-state index in [1.54, 1.807) is 0 Å². The molecule has 4 bridgehead atoms. The monoisotopic (exact) mass is 357 g/mol. The van der Waals surface area contributed by atoms with Crippen LogP contribution in [0.15, 0.2) is 24.3 Å². The summed E-state index contributed by atoms with van der Waals surface area (Å²) in [6.07, 6.45) is 6.90. The van der Waals surface area contributed by atoms with Gasteiger partial charge in [-0.3, -0.25) is 4.79 Å². The molecule has 0 heterocycles. The predicted molar refractivity (Wildman–Crippen MR) is 101 cm³/mol. The molecule has 4 fully saturated rings. The fraction of sp³-hybridized carbons (Fsp3) is 0.682. The summed E-state index contributed by atoms with van der Waals surface area (Å²) in [6.45, 7) is 1.57. The molecule has 142 valence electrons. The van der Waals surface area contributed by atoms with Crippen LogP contribution in [0.5, 0.6) is 0 Å². The first-order valence-electron chi connectivity index (χ1n) is 10.2. The van der Waals surface area contributed by atoms with Crippen molar-refractivity contribution in [3.63, 3.8) is 0 Å². The maximum Gasteiger partial charge on any atom is 0.220 e. The average Bonchev–Trinajstić information content (AvgIpc) is 2.50. The van der Waals surface area contributed by atoms with Crippen molar-refractivity contribution in [2.45, 2.75) is 63.6 Å². The Bertz CT molecular complexity index is 670. The molecule has 4 saturated carbocycles. The molecular formula is C22H33N2O2+. The third-order valence-electron chi connectivity index (χ3n) is 6.83. The van der Waals surface area contributed by atoms with Crippen LogP contribution in [-0.4, -0.2) is 30.7 Å². The summed E-state index contributed by atoms with van der Waals surface area (Å²) in [5.74, 6) is 1.43. The number of quaternary nitrogens is 1. The van der Waals surface area contributed by atoms with E-state index in [9.17, 15) is 9.90 Å². The van der Waals surface area contributed by atoms with Gasteiger partial charge in [0.25, 0.3) is 0 Å². The number of carbonyl (C=O) groups excluding carboxylic acids is 1. The van der Waals surface area contributed by atoms with Crippen molar-refractivity contribution in [3.05, 3.63) is 35.4 Å². The minimum absolute atomic E-state index is 0.0518. The summed E-state index contributed by atoms with van der Waals surface area (Å²) < 4.78 is 0. The van der Waals surface area contributed by atoms with Crippen LogP contribution in [0.25, 0.3) is 0 Å². The number of nitrogens with one attached hydrogen (secondary N) is 2. The molecule has 26 heavy (non-hydrogen) atoms. The number of amides is 1. The molecule has 4 atom stereocenters. The number of hydrogen-bond acceptors (Lipinski definition) is 2. The first-order valence-corrected chi connectivity index (χ1v) is 10.2. The standard InChI is InChI=1S/C22H32N2O2/c1-24(2)14-19-6-4-3-5-18(19)13-23-20(25)12-21-8-16-7-17(9-21)11-22(26,10-16)15-21/h3-6,16-17,26H,7-15H2,1-2H3,(H,23,25)/p+1/t16-,17+,21?,22?. The molecule has 0 saturated heterocycles. The van der Waals surface area contributed by atoms with E-state index >= 15 is 0 Å². The van der Waals surface area contributed by atoms with Crippen LogP contribution >= 0.6 is 0 Å². The highest BCUT2D eigenvalue weighted by atomic mass is 16.3. The second-order valence-electron chi connectivity index (χ2n) is 9.79. The number of aliphatic hydroxyl groups is 1. The lowest BCUT2D eigenvalue weighted by Gasteiger charge is -2.60. The zero-order valence-electron chi connectivity index (χ0n) is 16.2. The lowest BCUT2D eigenvalue weighted by molar-refractivity contribution is -0.872. The van der Waals surface area contributed by atoms with Gasteiger partial charge < -0.3 is 15.3 Å². The summed E-state index contributed by atoms with van der Waals surface area (Å²) in [5, 5.41) is 14.0. The van der Waals surface area contributed by atoms with E-state index in [2.05, 4.69) is 37.6 Å². The van der Waals surface area contributed by atoms with Crippen LogP contribution in [0, 0.1) is 17.3 Å². The van der Waals surface area contributed by atoms with Gasteiger partial charge in [-0.1, -0.05) is 24.3 Å². The quantitative estimate of drug-likeness (QED) is 0.725. The maximum absolute atomic E-state index is 12.7. The summed E-state index contributed by atoms with van der Waals surface area (Å²) in [6, 6.07) is 8.39. The molecule has 0 aliphatic heterocycles. The van der Waals surface area contributed by atoms with Crippen molar-refractivity contribution >= 4 is 5.91 Å². The zero-order chi connectivity index (χ0) is 18.4. The largest absolute Gasteiger partial charge is 0.390 e. The van der Waals surface area contributed by atoms with Gasteiger partial charge in [0.05, 0.1) is 19.7 Å². The molecular weight excluding hydrogens is 324 g/mol. The van der Waals surface area contributed by atoms with Gasteiger partial charge in [-0.05, 0) is 61.3 Å². The van der Waals surface area contributed by atoms with Gasteiger partial charge in [-0.25, -0.2) is 0 Å². The van der Waals surface area contributed by atoms with E-state index in [0.717, 1.165) is 38.6 Å². The number of carbonyl (C=O) groups is 1. The van der Waals surface area contributed by atoms with Crippen molar-refractivity contribution < 1.29 is 14.8 Å². The molecule has 0 radical (unpaired) electrons. The topological polar surface area (TPSA) is 53.8 Å². The molecule has 4 aliphatic carbocycles.